The molecule has 39 heavy (non-hydrogen) atoms. The van der Waals surface area contributed by atoms with Gasteiger partial charge < -0.3 is 10.6 Å². The van der Waals surface area contributed by atoms with E-state index in [1.165, 1.54) is 36.8 Å². The zero-order valence-electron chi connectivity index (χ0n) is 19.8. The van der Waals surface area contributed by atoms with Crippen LogP contribution in [0.4, 0.5) is 36.6 Å². The number of likely N-dealkylation sites (N-methyl/N-ethyl adjacent to an activating group) is 1. The number of nitrogens with zero attached hydrogens (tertiary/aromatic N) is 2. The van der Waals surface area contributed by atoms with Gasteiger partial charge in [-0.2, -0.15) is 26.3 Å². The minimum Gasteiger partial charge on any atom is -0.356 e. The molecule has 2 aromatic heterocycles. The number of fused-ring (bicyclic) bond motifs is 1. The maximum atomic E-state index is 13.9. The molecule has 0 radical (unpaired) electrons. The van der Waals surface area contributed by atoms with Gasteiger partial charge in [-0.05, 0) is 47.0 Å². The van der Waals surface area contributed by atoms with Gasteiger partial charge in [-0.1, -0.05) is 30.3 Å². The average Bonchev–Trinajstić information content (AvgIpc) is 3.23. The molecule has 2 heterocycles. The molecule has 0 fully saturated rings. The van der Waals surface area contributed by atoms with Crippen molar-refractivity contribution in [1.82, 2.24) is 14.7 Å². The first-order valence-corrected chi connectivity index (χ1v) is 11.1. The number of pyridine rings is 1. The summed E-state index contributed by atoms with van der Waals surface area (Å²) >= 11 is 0. The molecular weight excluding hydrogens is 533 g/mol. The Balaban J connectivity index is 2.04. The van der Waals surface area contributed by atoms with E-state index in [0.29, 0.717) is 17.2 Å². The smallest absolute Gasteiger partial charge is 0.356 e. The number of nitrogens with one attached hydrogen (secondary N) is 2. The highest BCUT2D eigenvalue weighted by Crippen LogP contribution is 2.41. The molecule has 4 aromatic rings. The van der Waals surface area contributed by atoms with Crippen LogP contribution in [0.1, 0.15) is 16.7 Å². The maximum Gasteiger partial charge on any atom is 0.471 e. The Morgan fingerprint density at radius 2 is 1.62 bits per heavy atom. The SMILES string of the molecule is CNC(=O)C=C(c1ccccc1)c1ccc2nc(NC(=O)C(F)(F)F)c(-c3ccc(F)cc3C(F)(F)F)n2c1. The number of carbonyl (C=O) groups is 2. The number of carbonyl (C=O) groups excluding carboxylic acids is 2. The van der Waals surface area contributed by atoms with E-state index >= 15 is 0 Å². The van der Waals surface area contributed by atoms with Crippen LogP contribution in [0.5, 0.6) is 0 Å². The lowest BCUT2D eigenvalue weighted by molar-refractivity contribution is -0.167. The number of imidazole rings is 1. The van der Waals surface area contributed by atoms with Crippen LogP contribution in [-0.2, 0) is 15.8 Å². The van der Waals surface area contributed by atoms with Crippen molar-refractivity contribution in [3.8, 4) is 11.3 Å². The standard InChI is InChI=1S/C26H17F7N4O2/c1-34-21(38)12-18(14-5-3-2-4-6-14)15-7-10-20-35-23(36-24(39)26(31,32)33)22(37(20)13-15)17-9-8-16(27)11-19(17)25(28,29)30/h2-13H,1H3,(H,34,38)(H,36,39). The molecular formula is C26H17F7N4O2. The summed E-state index contributed by atoms with van der Waals surface area (Å²) in [6.07, 6.45) is -7.99. The molecule has 0 spiro atoms. The summed E-state index contributed by atoms with van der Waals surface area (Å²) in [6.45, 7) is 0. The van der Waals surface area contributed by atoms with Gasteiger partial charge in [-0.25, -0.2) is 9.37 Å². The average molecular weight is 550 g/mol. The van der Waals surface area contributed by atoms with Crippen molar-refractivity contribution in [2.75, 3.05) is 12.4 Å². The van der Waals surface area contributed by atoms with Crippen LogP contribution in [0, 0.1) is 5.82 Å². The van der Waals surface area contributed by atoms with Gasteiger partial charge in [0.2, 0.25) is 5.91 Å². The van der Waals surface area contributed by atoms with Crippen LogP contribution in [0.2, 0.25) is 0 Å². The predicted octanol–water partition coefficient (Wildman–Crippen LogP) is 5.84. The topological polar surface area (TPSA) is 75.5 Å². The number of halogens is 7. The number of amides is 2. The third kappa shape index (κ3) is 5.76. The fourth-order valence-electron chi connectivity index (χ4n) is 3.84. The van der Waals surface area contributed by atoms with Crippen molar-refractivity contribution in [1.29, 1.82) is 0 Å². The molecule has 0 unspecified atom stereocenters. The second-order valence-electron chi connectivity index (χ2n) is 8.13. The number of rotatable bonds is 5. The molecule has 2 N–H and O–H groups in total. The largest absolute Gasteiger partial charge is 0.471 e. The molecule has 0 atom stereocenters. The van der Waals surface area contributed by atoms with E-state index in [4.69, 9.17) is 0 Å². The van der Waals surface area contributed by atoms with E-state index in [9.17, 15) is 40.3 Å². The van der Waals surface area contributed by atoms with Gasteiger partial charge in [0.15, 0.2) is 5.82 Å². The highest BCUT2D eigenvalue weighted by molar-refractivity contribution is 6.00. The molecule has 0 saturated heterocycles. The molecule has 4 rings (SSSR count). The summed E-state index contributed by atoms with van der Waals surface area (Å²) in [5.41, 5.74) is -1.79. The monoisotopic (exact) mass is 550 g/mol. The normalized spacial score (nSPS) is 12.5. The van der Waals surface area contributed by atoms with Crippen LogP contribution in [0.3, 0.4) is 0 Å². The maximum absolute atomic E-state index is 13.9. The first kappa shape index (κ1) is 27.4. The van der Waals surface area contributed by atoms with Crippen molar-refractivity contribution in [2.45, 2.75) is 12.4 Å². The molecule has 2 aromatic carbocycles. The Morgan fingerprint density at radius 1 is 0.923 bits per heavy atom. The molecule has 0 aliphatic carbocycles. The van der Waals surface area contributed by atoms with Crippen LogP contribution < -0.4 is 10.6 Å². The Labute approximate surface area is 215 Å². The van der Waals surface area contributed by atoms with Crippen LogP contribution in [0.25, 0.3) is 22.5 Å². The van der Waals surface area contributed by atoms with Gasteiger partial charge in [0.05, 0.1) is 11.3 Å². The summed E-state index contributed by atoms with van der Waals surface area (Å²) in [6, 6.07) is 12.8. The van der Waals surface area contributed by atoms with Crippen molar-refractivity contribution in [3.63, 3.8) is 0 Å². The van der Waals surface area contributed by atoms with E-state index in [0.717, 1.165) is 10.5 Å². The Hall–Kier alpha value is -4.68. The molecule has 6 nitrogen and oxygen atoms in total. The predicted molar refractivity (Wildman–Crippen MR) is 128 cm³/mol. The molecule has 0 bridgehead atoms. The lowest BCUT2D eigenvalue weighted by atomic mass is 9.98. The second kappa shape index (κ2) is 10.2. The number of alkyl halides is 6. The molecule has 202 valence electrons. The number of aromatic nitrogens is 2. The van der Waals surface area contributed by atoms with Gasteiger partial charge in [0.25, 0.3) is 0 Å². The summed E-state index contributed by atoms with van der Waals surface area (Å²) < 4.78 is 95.7. The van der Waals surface area contributed by atoms with E-state index in [1.54, 1.807) is 30.3 Å². The third-order valence-electron chi connectivity index (χ3n) is 5.57. The van der Waals surface area contributed by atoms with Gasteiger partial charge in [0.1, 0.15) is 11.5 Å². The van der Waals surface area contributed by atoms with E-state index in [2.05, 4.69) is 10.3 Å². The highest BCUT2D eigenvalue weighted by atomic mass is 19.4. The van der Waals surface area contributed by atoms with Crippen molar-refractivity contribution >= 4 is 28.9 Å². The summed E-state index contributed by atoms with van der Waals surface area (Å²) in [7, 11) is 1.39. The molecule has 13 heteroatoms. The van der Waals surface area contributed by atoms with E-state index in [-0.39, 0.29) is 17.3 Å². The molecule has 2 amide bonds. The minimum atomic E-state index is -5.37. The first-order valence-electron chi connectivity index (χ1n) is 11.1. The Morgan fingerprint density at radius 3 is 2.23 bits per heavy atom. The number of anilines is 1. The molecule has 0 aliphatic heterocycles. The van der Waals surface area contributed by atoms with Crippen LogP contribution >= 0.6 is 0 Å². The summed E-state index contributed by atoms with van der Waals surface area (Å²) in [5.74, 6) is -5.03. The van der Waals surface area contributed by atoms with Gasteiger partial charge >= 0.3 is 18.3 Å². The zero-order chi connectivity index (χ0) is 28.5. The zero-order valence-corrected chi connectivity index (χ0v) is 19.8. The second-order valence-corrected chi connectivity index (χ2v) is 8.13. The Kier molecular flexibility index (Phi) is 7.18. The number of hydrogen-bond donors (Lipinski definition) is 2. The highest BCUT2D eigenvalue weighted by Gasteiger charge is 2.41. The van der Waals surface area contributed by atoms with Crippen LogP contribution in [-0.4, -0.2) is 34.4 Å². The minimum absolute atomic E-state index is 0.129. The van der Waals surface area contributed by atoms with Gasteiger partial charge in [-0.3, -0.25) is 14.0 Å². The number of benzene rings is 2. The fourth-order valence-corrected chi connectivity index (χ4v) is 3.84. The Bertz CT molecular complexity index is 1590. The van der Waals surface area contributed by atoms with Crippen molar-refractivity contribution in [2.24, 2.45) is 0 Å². The van der Waals surface area contributed by atoms with Crippen molar-refractivity contribution < 1.29 is 40.3 Å². The third-order valence-corrected chi connectivity index (χ3v) is 5.57. The van der Waals surface area contributed by atoms with Gasteiger partial charge in [-0.15, -0.1) is 0 Å². The summed E-state index contributed by atoms with van der Waals surface area (Å²) in [4.78, 5) is 27.8. The first-order chi connectivity index (χ1) is 18.3. The lowest BCUT2D eigenvalue weighted by Crippen LogP contribution is -2.30. The van der Waals surface area contributed by atoms with Crippen molar-refractivity contribution in [3.05, 3.63) is 95.4 Å². The molecule has 0 saturated carbocycles. The van der Waals surface area contributed by atoms with Gasteiger partial charge in [0, 0.05) is 24.9 Å². The number of hydrogen-bond acceptors (Lipinski definition) is 3. The lowest BCUT2D eigenvalue weighted by Gasteiger charge is -2.15. The summed E-state index contributed by atoms with van der Waals surface area (Å²) in [5, 5.41) is 3.95. The fraction of sp³-hybridized carbons (Fsp3) is 0.115. The molecule has 0 aliphatic rings. The van der Waals surface area contributed by atoms with E-state index < -0.39 is 52.6 Å². The van der Waals surface area contributed by atoms with E-state index in [1.807, 2.05) is 0 Å². The quantitative estimate of drug-likeness (QED) is 0.242. The van der Waals surface area contributed by atoms with Crippen LogP contribution in [0.15, 0.2) is 72.9 Å².